The monoisotopic (exact) mass is 233 g/mol. The molecule has 1 saturated heterocycles. The van der Waals surface area contributed by atoms with Gasteiger partial charge in [0, 0.05) is 19.6 Å². The first-order valence-electron chi connectivity index (χ1n) is 5.75. The minimum Gasteiger partial charge on any atom is -0.378 e. The van der Waals surface area contributed by atoms with Gasteiger partial charge in [-0.3, -0.25) is 0 Å². The largest absolute Gasteiger partial charge is 0.378 e. The minimum absolute atomic E-state index is 0.441. The molecule has 6 nitrogen and oxygen atoms in total. The number of aromatic nitrogens is 3. The van der Waals surface area contributed by atoms with Crippen molar-refractivity contribution >= 4 is 11.5 Å². The third-order valence-electron chi connectivity index (χ3n) is 2.90. The van der Waals surface area contributed by atoms with Crippen LogP contribution in [0, 0.1) is 0 Å². The standard InChI is InChI=1S/C11H15N5O/c12-7-9-8-16-10(13-9)1-2-11(14-16)15-3-5-17-6-4-15/h1-2,8H,3-7,12H2. The molecule has 2 N–H and O–H groups in total. The molecule has 17 heavy (non-hydrogen) atoms. The molecule has 90 valence electrons. The summed E-state index contributed by atoms with van der Waals surface area (Å²) in [6.07, 6.45) is 1.87. The average molecular weight is 233 g/mol. The summed E-state index contributed by atoms with van der Waals surface area (Å²) in [5.41, 5.74) is 7.26. The van der Waals surface area contributed by atoms with Crippen LogP contribution in [-0.2, 0) is 11.3 Å². The lowest BCUT2D eigenvalue weighted by Gasteiger charge is -2.27. The van der Waals surface area contributed by atoms with Crippen LogP contribution in [0.3, 0.4) is 0 Å². The zero-order valence-corrected chi connectivity index (χ0v) is 9.54. The second-order valence-corrected chi connectivity index (χ2v) is 4.03. The fraction of sp³-hybridized carbons (Fsp3) is 0.455. The van der Waals surface area contributed by atoms with Crippen LogP contribution in [0.4, 0.5) is 5.82 Å². The molecule has 3 heterocycles. The number of anilines is 1. The van der Waals surface area contributed by atoms with E-state index in [4.69, 9.17) is 10.5 Å². The number of nitrogens with zero attached hydrogens (tertiary/aromatic N) is 4. The van der Waals surface area contributed by atoms with E-state index in [1.54, 1.807) is 4.52 Å². The van der Waals surface area contributed by atoms with Crippen LogP contribution in [-0.4, -0.2) is 40.9 Å². The van der Waals surface area contributed by atoms with Gasteiger partial charge in [0.1, 0.15) is 5.82 Å². The van der Waals surface area contributed by atoms with Crippen molar-refractivity contribution in [3.8, 4) is 0 Å². The fourth-order valence-corrected chi connectivity index (χ4v) is 1.98. The molecular weight excluding hydrogens is 218 g/mol. The summed E-state index contributed by atoms with van der Waals surface area (Å²) in [4.78, 5) is 6.56. The number of rotatable bonds is 2. The van der Waals surface area contributed by atoms with Crippen molar-refractivity contribution in [1.29, 1.82) is 0 Å². The summed E-state index contributed by atoms with van der Waals surface area (Å²) in [7, 11) is 0. The smallest absolute Gasteiger partial charge is 0.153 e. The molecule has 1 aliphatic heterocycles. The molecule has 0 radical (unpaired) electrons. The van der Waals surface area contributed by atoms with E-state index in [0.717, 1.165) is 43.5 Å². The maximum Gasteiger partial charge on any atom is 0.153 e. The molecule has 0 saturated carbocycles. The number of imidazole rings is 1. The van der Waals surface area contributed by atoms with Gasteiger partial charge in [-0.15, -0.1) is 5.10 Å². The van der Waals surface area contributed by atoms with Crippen molar-refractivity contribution in [3.05, 3.63) is 24.0 Å². The Bertz CT molecular complexity index is 518. The molecule has 0 bridgehead atoms. The van der Waals surface area contributed by atoms with Gasteiger partial charge in [0.15, 0.2) is 5.65 Å². The number of hydrogen-bond donors (Lipinski definition) is 1. The van der Waals surface area contributed by atoms with Gasteiger partial charge in [-0.2, -0.15) is 0 Å². The first kappa shape index (κ1) is 10.5. The Hall–Kier alpha value is -1.66. The van der Waals surface area contributed by atoms with Gasteiger partial charge < -0.3 is 15.4 Å². The van der Waals surface area contributed by atoms with Gasteiger partial charge in [0.05, 0.1) is 25.1 Å². The van der Waals surface area contributed by atoms with E-state index in [-0.39, 0.29) is 0 Å². The zero-order chi connectivity index (χ0) is 11.7. The maximum atomic E-state index is 5.56. The molecule has 2 aromatic rings. The van der Waals surface area contributed by atoms with E-state index in [2.05, 4.69) is 15.0 Å². The third-order valence-corrected chi connectivity index (χ3v) is 2.90. The highest BCUT2D eigenvalue weighted by Gasteiger charge is 2.13. The first-order valence-corrected chi connectivity index (χ1v) is 5.75. The molecular formula is C11H15N5O. The van der Waals surface area contributed by atoms with Crippen molar-refractivity contribution in [2.45, 2.75) is 6.54 Å². The second-order valence-electron chi connectivity index (χ2n) is 4.03. The lowest BCUT2D eigenvalue weighted by molar-refractivity contribution is 0.122. The van der Waals surface area contributed by atoms with Crippen LogP contribution in [0.2, 0.25) is 0 Å². The van der Waals surface area contributed by atoms with Crippen molar-refractivity contribution in [3.63, 3.8) is 0 Å². The van der Waals surface area contributed by atoms with Gasteiger partial charge in [0.25, 0.3) is 0 Å². The fourth-order valence-electron chi connectivity index (χ4n) is 1.98. The second kappa shape index (κ2) is 4.31. The molecule has 0 unspecified atom stereocenters. The minimum atomic E-state index is 0.441. The van der Waals surface area contributed by atoms with E-state index < -0.39 is 0 Å². The van der Waals surface area contributed by atoms with E-state index >= 15 is 0 Å². The van der Waals surface area contributed by atoms with Crippen LogP contribution in [0.15, 0.2) is 18.3 Å². The molecule has 3 rings (SSSR count). The van der Waals surface area contributed by atoms with Gasteiger partial charge in [0.2, 0.25) is 0 Å². The summed E-state index contributed by atoms with van der Waals surface area (Å²) in [6.45, 7) is 3.74. The number of fused-ring (bicyclic) bond motifs is 1. The topological polar surface area (TPSA) is 68.7 Å². The van der Waals surface area contributed by atoms with Crippen LogP contribution >= 0.6 is 0 Å². The first-order chi connectivity index (χ1) is 8.36. The lowest BCUT2D eigenvalue weighted by atomic mass is 10.4. The predicted molar refractivity (Wildman–Crippen MR) is 63.9 cm³/mol. The maximum absolute atomic E-state index is 5.56. The van der Waals surface area contributed by atoms with E-state index in [1.807, 2.05) is 18.3 Å². The zero-order valence-electron chi connectivity index (χ0n) is 9.54. The number of morpholine rings is 1. The normalized spacial score (nSPS) is 16.6. The Balaban J connectivity index is 1.94. The van der Waals surface area contributed by atoms with Gasteiger partial charge in [-0.1, -0.05) is 0 Å². The van der Waals surface area contributed by atoms with Gasteiger partial charge in [-0.25, -0.2) is 9.50 Å². The van der Waals surface area contributed by atoms with Crippen LogP contribution in [0.1, 0.15) is 5.69 Å². The molecule has 6 heteroatoms. The highest BCUT2D eigenvalue weighted by atomic mass is 16.5. The summed E-state index contributed by atoms with van der Waals surface area (Å²) in [6, 6.07) is 3.96. The number of nitrogens with two attached hydrogens (primary N) is 1. The summed E-state index contributed by atoms with van der Waals surface area (Å²) in [5.74, 6) is 0.960. The Morgan fingerprint density at radius 2 is 2.12 bits per heavy atom. The molecule has 0 atom stereocenters. The molecule has 1 fully saturated rings. The Morgan fingerprint density at radius 1 is 1.29 bits per heavy atom. The molecule has 0 amide bonds. The Kier molecular flexibility index (Phi) is 2.66. The Labute approximate surface area is 99.0 Å². The van der Waals surface area contributed by atoms with E-state index in [0.29, 0.717) is 6.54 Å². The predicted octanol–water partition coefficient (Wildman–Crippen LogP) is 0.0246. The molecule has 0 spiro atoms. The van der Waals surface area contributed by atoms with E-state index in [1.165, 1.54) is 0 Å². The molecule has 2 aromatic heterocycles. The molecule has 0 aromatic carbocycles. The van der Waals surface area contributed by atoms with Crippen LogP contribution < -0.4 is 10.6 Å². The average Bonchev–Trinajstić information content (AvgIpc) is 2.81. The van der Waals surface area contributed by atoms with Crippen LogP contribution in [0.25, 0.3) is 5.65 Å². The number of hydrogen-bond acceptors (Lipinski definition) is 5. The van der Waals surface area contributed by atoms with Crippen molar-refractivity contribution < 1.29 is 4.74 Å². The quantitative estimate of drug-likeness (QED) is 0.792. The lowest BCUT2D eigenvalue weighted by Crippen LogP contribution is -2.36. The summed E-state index contributed by atoms with van der Waals surface area (Å²) < 4.78 is 7.11. The van der Waals surface area contributed by atoms with E-state index in [9.17, 15) is 0 Å². The van der Waals surface area contributed by atoms with Crippen molar-refractivity contribution in [2.75, 3.05) is 31.2 Å². The highest BCUT2D eigenvalue weighted by Crippen LogP contribution is 2.13. The molecule has 1 aliphatic rings. The van der Waals surface area contributed by atoms with Gasteiger partial charge in [-0.05, 0) is 12.1 Å². The Morgan fingerprint density at radius 3 is 2.88 bits per heavy atom. The third kappa shape index (κ3) is 1.96. The van der Waals surface area contributed by atoms with Crippen molar-refractivity contribution in [1.82, 2.24) is 14.6 Å². The summed E-state index contributed by atoms with van der Waals surface area (Å²) >= 11 is 0. The van der Waals surface area contributed by atoms with Crippen molar-refractivity contribution in [2.24, 2.45) is 5.73 Å². The highest BCUT2D eigenvalue weighted by molar-refractivity contribution is 5.46. The molecule has 0 aliphatic carbocycles. The number of ether oxygens (including phenoxy) is 1. The van der Waals surface area contributed by atoms with Crippen LogP contribution in [0.5, 0.6) is 0 Å². The van der Waals surface area contributed by atoms with Gasteiger partial charge >= 0.3 is 0 Å². The summed E-state index contributed by atoms with van der Waals surface area (Å²) in [5, 5.41) is 4.54. The SMILES string of the molecule is NCc1cn2nc(N3CCOCC3)ccc2n1.